The molecule has 7 nitrogen and oxygen atoms in total. The molecule has 1 aromatic carbocycles. The molecule has 8 heteroatoms. The van der Waals surface area contributed by atoms with Crippen molar-refractivity contribution in [1.29, 1.82) is 0 Å². The molecule has 0 unspecified atom stereocenters. The van der Waals surface area contributed by atoms with E-state index >= 15 is 0 Å². The average molecular weight is 383 g/mol. The van der Waals surface area contributed by atoms with E-state index in [4.69, 9.17) is 9.47 Å². The molecule has 0 N–H and O–H groups in total. The van der Waals surface area contributed by atoms with Crippen LogP contribution in [0.2, 0.25) is 0 Å². The van der Waals surface area contributed by atoms with Crippen LogP contribution in [0.5, 0.6) is 11.5 Å². The summed E-state index contributed by atoms with van der Waals surface area (Å²) in [6, 6.07) is 4.47. The van der Waals surface area contributed by atoms with Crippen molar-refractivity contribution in [2.45, 2.75) is 32.7 Å². The van der Waals surface area contributed by atoms with Gasteiger partial charge in [-0.1, -0.05) is 6.92 Å². The fourth-order valence-corrected chi connectivity index (χ4v) is 4.73. The predicted molar refractivity (Wildman–Crippen MR) is 97.6 cm³/mol. The Morgan fingerprint density at radius 2 is 2.00 bits per heavy atom. The van der Waals surface area contributed by atoms with Crippen LogP contribution in [0.3, 0.4) is 0 Å². The number of nitrogens with zero attached hydrogens (tertiary/aromatic N) is 1. The van der Waals surface area contributed by atoms with Crippen LogP contribution in [0.4, 0.5) is 0 Å². The Labute approximate surface area is 154 Å². The van der Waals surface area contributed by atoms with Gasteiger partial charge in [-0.3, -0.25) is 9.59 Å². The van der Waals surface area contributed by atoms with Crippen LogP contribution < -0.4 is 9.47 Å². The summed E-state index contributed by atoms with van der Waals surface area (Å²) < 4.78 is 34.2. The summed E-state index contributed by atoms with van der Waals surface area (Å²) >= 11 is 0. The maximum Gasteiger partial charge on any atom is 0.260 e. The second-order valence-corrected chi connectivity index (χ2v) is 8.58. The smallest absolute Gasteiger partial charge is 0.260 e. The Kier molecular flexibility index (Phi) is 6.63. The van der Waals surface area contributed by atoms with Gasteiger partial charge in [0.05, 0.1) is 18.6 Å². The number of carbonyl (C=O) groups is 2. The zero-order valence-electron chi connectivity index (χ0n) is 15.4. The minimum atomic E-state index is -3.07. The second-order valence-electron chi connectivity index (χ2n) is 6.35. The number of methoxy groups -OCH3 is 1. The van der Waals surface area contributed by atoms with Gasteiger partial charge in [0.15, 0.2) is 33.7 Å². The van der Waals surface area contributed by atoms with Crippen LogP contribution in [-0.2, 0) is 14.6 Å². The van der Waals surface area contributed by atoms with E-state index < -0.39 is 9.84 Å². The highest BCUT2D eigenvalue weighted by atomic mass is 32.2. The summed E-state index contributed by atoms with van der Waals surface area (Å²) in [5.41, 5.74) is 0.490. The minimum absolute atomic E-state index is 0.00930. The summed E-state index contributed by atoms with van der Waals surface area (Å²) in [6.07, 6.45) is 1.20. The normalized spacial score (nSPS) is 18.3. The number of Topliss-reactive ketones (excluding diaryl/α,β-unsaturated/α-hetero) is 1. The van der Waals surface area contributed by atoms with Gasteiger partial charge in [0.2, 0.25) is 0 Å². The molecule has 2 rings (SSSR count). The van der Waals surface area contributed by atoms with Gasteiger partial charge < -0.3 is 14.4 Å². The van der Waals surface area contributed by atoms with Gasteiger partial charge in [-0.15, -0.1) is 0 Å². The first-order valence-electron chi connectivity index (χ1n) is 8.59. The van der Waals surface area contributed by atoms with Crippen molar-refractivity contribution < 1.29 is 27.5 Å². The fourth-order valence-electron chi connectivity index (χ4n) is 3.00. The zero-order chi connectivity index (χ0) is 19.3. The number of rotatable bonds is 8. The summed E-state index contributed by atoms with van der Waals surface area (Å²) in [6.45, 7) is 3.67. The zero-order valence-corrected chi connectivity index (χ0v) is 16.2. The fraction of sp³-hybridized carbons (Fsp3) is 0.556. The van der Waals surface area contributed by atoms with E-state index in [1.807, 2.05) is 6.92 Å². The highest BCUT2D eigenvalue weighted by Gasteiger charge is 2.34. The quantitative estimate of drug-likeness (QED) is 0.635. The molecular formula is C18H25NO6S. The Morgan fingerprint density at radius 3 is 2.54 bits per heavy atom. The van der Waals surface area contributed by atoms with Crippen molar-refractivity contribution in [3.8, 4) is 11.5 Å². The van der Waals surface area contributed by atoms with Gasteiger partial charge >= 0.3 is 0 Å². The number of ether oxygens (including phenoxy) is 2. The van der Waals surface area contributed by atoms with E-state index in [1.54, 1.807) is 23.1 Å². The number of carbonyl (C=O) groups excluding carboxylic acids is 2. The topological polar surface area (TPSA) is 90.0 Å². The SMILES string of the molecule is CCCN(C(=O)COc1ccc(C(C)=O)cc1OC)[C@H]1CCS(=O)(=O)C1. The molecule has 1 atom stereocenters. The maximum atomic E-state index is 12.6. The molecule has 0 radical (unpaired) electrons. The minimum Gasteiger partial charge on any atom is -0.493 e. The number of benzene rings is 1. The number of amides is 1. The third-order valence-corrected chi connectivity index (χ3v) is 6.11. The van der Waals surface area contributed by atoms with E-state index in [1.165, 1.54) is 14.0 Å². The largest absolute Gasteiger partial charge is 0.493 e. The lowest BCUT2D eigenvalue weighted by Crippen LogP contribution is -2.44. The Bertz CT molecular complexity index is 774. The number of hydrogen-bond donors (Lipinski definition) is 0. The lowest BCUT2D eigenvalue weighted by molar-refractivity contribution is -0.135. The van der Waals surface area contributed by atoms with Crippen LogP contribution in [0.1, 0.15) is 37.0 Å². The van der Waals surface area contributed by atoms with Gasteiger partial charge in [-0.05, 0) is 38.0 Å². The van der Waals surface area contributed by atoms with Gasteiger partial charge in [0, 0.05) is 18.2 Å². The molecule has 1 amide bonds. The lowest BCUT2D eigenvalue weighted by Gasteiger charge is -2.28. The Balaban J connectivity index is 2.07. The molecule has 1 heterocycles. The monoisotopic (exact) mass is 383 g/mol. The third kappa shape index (κ3) is 4.97. The summed E-state index contributed by atoms with van der Waals surface area (Å²) in [7, 11) is -1.61. The molecule has 1 saturated heterocycles. The van der Waals surface area contributed by atoms with Crippen molar-refractivity contribution in [3.05, 3.63) is 23.8 Å². The van der Waals surface area contributed by atoms with Crippen molar-refractivity contribution in [2.75, 3.05) is 31.8 Å². The molecule has 1 aromatic rings. The lowest BCUT2D eigenvalue weighted by atomic mass is 10.1. The van der Waals surface area contributed by atoms with E-state index in [-0.39, 0.29) is 35.8 Å². The van der Waals surface area contributed by atoms with E-state index in [9.17, 15) is 18.0 Å². The van der Waals surface area contributed by atoms with Crippen LogP contribution >= 0.6 is 0 Å². The highest BCUT2D eigenvalue weighted by Crippen LogP contribution is 2.28. The molecule has 26 heavy (non-hydrogen) atoms. The first-order chi connectivity index (χ1) is 12.3. The molecule has 0 spiro atoms. The van der Waals surface area contributed by atoms with E-state index in [0.717, 1.165) is 6.42 Å². The van der Waals surface area contributed by atoms with Crippen LogP contribution in [-0.4, -0.2) is 62.8 Å². The van der Waals surface area contributed by atoms with Crippen LogP contribution in [0, 0.1) is 0 Å². The molecule has 0 bridgehead atoms. The Morgan fingerprint density at radius 1 is 1.27 bits per heavy atom. The van der Waals surface area contributed by atoms with Crippen molar-refractivity contribution in [3.63, 3.8) is 0 Å². The van der Waals surface area contributed by atoms with Crippen molar-refractivity contribution >= 4 is 21.5 Å². The van der Waals surface area contributed by atoms with E-state index in [0.29, 0.717) is 30.0 Å². The molecule has 0 aromatic heterocycles. The predicted octanol–water partition coefficient (Wildman–Crippen LogP) is 1.70. The van der Waals surface area contributed by atoms with Gasteiger partial charge in [0.25, 0.3) is 5.91 Å². The average Bonchev–Trinajstić information content (AvgIpc) is 2.96. The standard InChI is InChI=1S/C18H25NO6S/c1-4-8-19(15-7-9-26(22,23)12-15)18(21)11-25-16-6-5-14(13(2)20)10-17(16)24-3/h5-6,10,15H,4,7-9,11-12H2,1-3H3/t15-/m0/s1. The van der Waals surface area contributed by atoms with Crippen molar-refractivity contribution in [2.24, 2.45) is 0 Å². The Hall–Kier alpha value is -2.09. The first-order valence-corrected chi connectivity index (χ1v) is 10.4. The summed E-state index contributed by atoms with van der Waals surface area (Å²) in [5.74, 6) is 0.508. The highest BCUT2D eigenvalue weighted by molar-refractivity contribution is 7.91. The van der Waals surface area contributed by atoms with Crippen LogP contribution in [0.25, 0.3) is 0 Å². The molecule has 1 fully saturated rings. The molecule has 0 aliphatic carbocycles. The van der Waals surface area contributed by atoms with Gasteiger partial charge in [-0.25, -0.2) is 8.42 Å². The number of sulfone groups is 1. The van der Waals surface area contributed by atoms with Gasteiger partial charge in [0.1, 0.15) is 0 Å². The maximum absolute atomic E-state index is 12.6. The van der Waals surface area contributed by atoms with Crippen LogP contribution in [0.15, 0.2) is 18.2 Å². The van der Waals surface area contributed by atoms with Crippen molar-refractivity contribution in [1.82, 2.24) is 4.90 Å². The number of hydrogen-bond acceptors (Lipinski definition) is 6. The van der Waals surface area contributed by atoms with Gasteiger partial charge in [-0.2, -0.15) is 0 Å². The molecule has 1 aliphatic heterocycles. The second kappa shape index (κ2) is 8.53. The molecule has 144 valence electrons. The molecule has 0 saturated carbocycles. The molecule has 1 aliphatic rings. The first kappa shape index (κ1) is 20.2. The van der Waals surface area contributed by atoms with E-state index in [2.05, 4.69) is 0 Å². The summed E-state index contributed by atoms with van der Waals surface area (Å²) in [4.78, 5) is 25.6. The number of ketones is 1. The third-order valence-electron chi connectivity index (χ3n) is 4.36. The summed E-state index contributed by atoms with van der Waals surface area (Å²) in [5, 5.41) is 0. The molecular weight excluding hydrogens is 358 g/mol.